The maximum absolute atomic E-state index is 13.8. The Kier molecular flexibility index (Phi) is 5.10. The Hall–Kier alpha value is -2.15. The molecule has 0 unspecified atom stereocenters. The number of amides is 2. The van der Waals surface area contributed by atoms with Gasteiger partial charge in [0, 0.05) is 32.2 Å². The van der Waals surface area contributed by atoms with E-state index < -0.39 is 0 Å². The number of nitrogens with zero attached hydrogens (tertiary/aromatic N) is 2. The second-order valence-electron chi connectivity index (χ2n) is 4.64. The van der Waals surface area contributed by atoms with Crippen molar-refractivity contribution in [2.24, 2.45) is 0 Å². The average molecular weight is 308 g/mol. The molecule has 1 heterocycles. The van der Waals surface area contributed by atoms with Crippen molar-refractivity contribution in [2.75, 3.05) is 19.0 Å². The van der Waals surface area contributed by atoms with Crippen molar-refractivity contribution < 1.29 is 9.18 Å². The fourth-order valence-corrected chi connectivity index (χ4v) is 2.32. The summed E-state index contributed by atoms with van der Waals surface area (Å²) in [7, 11) is 3.56. The topological polar surface area (TPSA) is 57.3 Å². The number of carbonyl (C=O) groups is 1. The lowest BCUT2D eigenvalue weighted by Gasteiger charge is -2.14. The maximum atomic E-state index is 13.8. The van der Waals surface area contributed by atoms with Crippen molar-refractivity contribution in [1.82, 2.24) is 15.6 Å². The van der Waals surface area contributed by atoms with Crippen LogP contribution in [0.1, 0.15) is 10.6 Å². The van der Waals surface area contributed by atoms with Crippen LogP contribution in [0, 0.1) is 5.82 Å². The molecule has 7 heteroatoms. The molecule has 2 N–H and O–H groups in total. The average Bonchev–Trinajstić information content (AvgIpc) is 2.95. The molecule has 0 aliphatic heterocycles. The number of hydrogen-bond acceptors (Lipinski definition) is 4. The predicted molar refractivity (Wildman–Crippen MR) is 81.9 cm³/mol. The first-order valence-electron chi connectivity index (χ1n) is 6.42. The van der Waals surface area contributed by atoms with Crippen LogP contribution in [0.2, 0.25) is 0 Å². The maximum Gasteiger partial charge on any atom is 0.315 e. The van der Waals surface area contributed by atoms with E-state index in [4.69, 9.17) is 0 Å². The standard InChI is InChI=1S/C14H17FN4OS/c1-19(2)12-4-3-10(7-11(12)15)8-17-14(20)18-9-13-16-5-6-21-13/h3-7H,8-9H2,1-2H3,(H2,17,18,20). The zero-order valence-electron chi connectivity index (χ0n) is 11.9. The van der Waals surface area contributed by atoms with E-state index in [0.717, 1.165) is 5.01 Å². The molecule has 0 aliphatic carbocycles. The van der Waals surface area contributed by atoms with Crippen LogP contribution in [0.3, 0.4) is 0 Å². The highest BCUT2D eigenvalue weighted by Gasteiger charge is 2.06. The third-order valence-corrected chi connectivity index (χ3v) is 3.61. The van der Waals surface area contributed by atoms with Gasteiger partial charge in [-0.05, 0) is 17.7 Å². The minimum Gasteiger partial charge on any atom is -0.375 e. The summed E-state index contributed by atoms with van der Waals surface area (Å²) in [5.41, 5.74) is 1.23. The highest BCUT2D eigenvalue weighted by molar-refractivity contribution is 7.09. The Morgan fingerprint density at radius 3 is 2.71 bits per heavy atom. The first-order chi connectivity index (χ1) is 10.1. The number of rotatable bonds is 5. The van der Waals surface area contributed by atoms with Crippen LogP contribution in [0.5, 0.6) is 0 Å². The van der Waals surface area contributed by atoms with Gasteiger partial charge < -0.3 is 15.5 Å². The van der Waals surface area contributed by atoms with E-state index in [2.05, 4.69) is 15.6 Å². The highest BCUT2D eigenvalue weighted by atomic mass is 32.1. The van der Waals surface area contributed by atoms with Crippen molar-refractivity contribution in [3.8, 4) is 0 Å². The largest absolute Gasteiger partial charge is 0.375 e. The molecule has 0 saturated carbocycles. The fraction of sp³-hybridized carbons (Fsp3) is 0.286. The number of nitrogens with one attached hydrogen (secondary N) is 2. The van der Waals surface area contributed by atoms with E-state index in [0.29, 0.717) is 17.8 Å². The van der Waals surface area contributed by atoms with Crippen molar-refractivity contribution in [1.29, 1.82) is 0 Å². The van der Waals surface area contributed by atoms with Crippen molar-refractivity contribution in [3.05, 3.63) is 46.2 Å². The molecule has 21 heavy (non-hydrogen) atoms. The Morgan fingerprint density at radius 2 is 2.10 bits per heavy atom. The van der Waals surface area contributed by atoms with Crippen LogP contribution in [-0.4, -0.2) is 25.1 Å². The zero-order valence-corrected chi connectivity index (χ0v) is 12.7. The molecule has 0 radical (unpaired) electrons. The molecule has 2 rings (SSSR count). The monoisotopic (exact) mass is 308 g/mol. The fourth-order valence-electron chi connectivity index (χ4n) is 1.76. The number of halogens is 1. The smallest absolute Gasteiger partial charge is 0.315 e. The van der Waals surface area contributed by atoms with E-state index in [-0.39, 0.29) is 18.4 Å². The summed E-state index contributed by atoms with van der Waals surface area (Å²) in [4.78, 5) is 17.4. The number of anilines is 1. The molecular formula is C14H17FN4OS. The van der Waals surface area contributed by atoms with Gasteiger partial charge in [-0.1, -0.05) is 6.07 Å². The second kappa shape index (κ2) is 7.03. The molecule has 112 valence electrons. The van der Waals surface area contributed by atoms with Gasteiger partial charge >= 0.3 is 6.03 Å². The minimum atomic E-state index is -0.303. The number of thiazole rings is 1. The van der Waals surface area contributed by atoms with Gasteiger partial charge in [-0.25, -0.2) is 14.2 Å². The van der Waals surface area contributed by atoms with Gasteiger partial charge in [-0.15, -0.1) is 11.3 Å². The van der Waals surface area contributed by atoms with Crippen LogP contribution in [0.4, 0.5) is 14.9 Å². The molecule has 2 aromatic rings. The Labute approximate surface area is 126 Å². The lowest BCUT2D eigenvalue weighted by Crippen LogP contribution is -2.34. The first-order valence-corrected chi connectivity index (χ1v) is 7.30. The number of carbonyl (C=O) groups excluding carboxylic acids is 1. The quantitative estimate of drug-likeness (QED) is 0.891. The number of benzene rings is 1. The molecule has 2 amide bonds. The lowest BCUT2D eigenvalue weighted by atomic mass is 10.2. The van der Waals surface area contributed by atoms with Gasteiger partial charge in [0.25, 0.3) is 0 Å². The van der Waals surface area contributed by atoms with Crippen molar-refractivity contribution in [3.63, 3.8) is 0 Å². The van der Waals surface area contributed by atoms with Gasteiger partial charge in [0.05, 0.1) is 12.2 Å². The molecule has 0 spiro atoms. The van der Waals surface area contributed by atoms with E-state index in [9.17, 15) is 9.18 Å². The van der Waals surface area contributed by atoms with E-state index in [1.54, 1.807) is 37.3 Å². The summed E-state index contributed by atoms with van der Waals surface area (Å²) in [6, 6.07) is 4.61. The van der Waals surface area contributed by atoms with Crippen LogP contribution in [0.25, 0.3) is 0 Å². The van der Waals surface area contributed by atoms with Crippen LogP contribution in [0.15, 0.2) is 29.8 Å². The molecule has 0 saturated heterocycles. The molecule has 0 atom stereocenters. The Bertz CT molecular complexity index is 601. The molecule has 1 aromatic heterocycles. The number of hydrogen-bond donors (Lipinski definition) is 2. The minimum absolute atomic E-state index is 0.272. The number of aromatic nitrogens is 1. The van der Waals surface area contributed by atoms with Crippen LogP contribution >= 0.6 is 11.3 Å². The molecule has 0 bridgehead atoms. The molecule has 1 aromatic carbocycles. The third kappa shape index (κ3) is 4.42. The van der Waals surface area contributed by atoms with E-state index in [1.807, 2.05) is 5.38 Å². The molecular weight excluding hydrogens is 291 g/mol. The lowest BCUT2D eigenvalue weighted by molar-refractivity contribution is 0.240. The van der Waals surface area contributed by atoms with Crippen LogP contribution in [-0.2, 0) is 13.1 Å². The first kappa shape index (κ1) is 15.2. The zero-order chi connectivity index (χ0) is 15.2. The van der Waals surface area contributed by atoms with Gasteiger partial charge in [0.2, 0.25) is 0 Å². The molecule has 5 nitrogen and oxygen atoms in total. The summed E-state index contributed by atoms with van der Waals surface area (Å²) >= 11 is 1.48. The Balaban J connectivity index is 1.82. The summed E-state index contributed by atoms with van der Waals surface area (Å²) in [6.07, 6.45) is 1.69. The molecule has 0 fully saturated rings. The normalized spacial score (nSPS) is 10.2. The van der Waals surface area contributed by atoms with Gasteiger partial charge in [0.15, 0.2) is 0 Å². The predicted octanol–water partition coefficient (Wildman–Crippen LogP) is 2.35. The summed E-state index contributed by atoms with van der Waals surface area (Å²) in [6.45, 7) is 0.658. The summed E-state index contributed by atoms with van der Waals surface area (Å²) in [5, 5.41) is 8.07. The van der Waals surface area contributed by atoms with Gasteiger partial charge in [-0.3, -0.25) is 0 Å². The van der Waals surface area contributed by atoms with Gasteiger partial charge in [-0.2, -0.15) is 0 Å². The SMILES string of the molecule is CN(C)c1ccc(CNC(=O)NCc2nccs2)cc1F. The Morgan fingerprint density at radius 1 is 1.33 bits per heavy atom. The molecule has 0 aliphatic rings. The second-order valence-corrected chi connectivity index (χ2v) is 5.62. The summed E-state index contributed by atoms with van der Waals surface area (Å²) in [5.74, 6) is -0.303. The van der Waals surface area contributed by atoms with Crippen molar-refractivity contribution >= 4 is 23.1 Å². The number of urea groups is 1. The van der Waals surface area contributed by atoms with Crippen molar-refractivity contribution in [2.45, 2.75) is 13.1 Å². The highest BCUT2D eigenvalue weighted by Crippen LogP contribution is 2.18. The van der Waals surface area contributed by atoms with Crippen LogP contribution < -0.4 is 15.5 Å². The summed E-state index contributed by atoms with van der Waals surface area (Å²) < 4.78 is 13.8. The van der Waals surface area contributed by atoms with E-state index in [1.165, 1.54) is 17.4 Å². The van der Waals surface area contributed by atoms with E-state index >= 15 is 0 Å². The third-order valence-electron chi connectivity index (χ3n) is 2.83. The van der Waals surface area contributed by atoms with Gasteiger partial charge in [0.1, 0.15) is 10.8 Å².